The van der Waals surface area contributed by atoms with E-state index >= 15 is 0 Å². The van der Waals surface area contributed by atoms with Crippen LogP contribution in [0.3, 0.4) is 0 Å². The van der Waals surface area contributed by atoms with Crippen molar-refractivity contribution in [1.29, 1.82) is 0 Å². The largest absolute Gasteiger partial charge is 0.480 e. The molecule has 1 aliphatic heterocycles. The van der Waals surface area contributed by atoms with Gasteiger partial charge in [0.05, 0.1) is 6.10 Å². The minimum Gasteiger partial charge on any atom is -0.480 e. The standard InChI is InChI=1S/C56H108N28O13/c1-31(85)42(59)51(97)84-29-11-19-39(84)50(96)83-32(14-6-23-71-52(60)61)43(89)70-28-20-40(86)77-34(16-8-25-73-54(64)65)45(91)81-37(17-9-26-74-55(66)67)49(95)82-38(18-10-27-75-56(68)69)48(94)80-36(13-3-5-22-58)47(93)79-35(12-2-4-21-57)46(92)78-33(15-7-24-72-53(62)63)44(90)76-30-41(87)88/h31-39,42,85H,2-30,57-59H2,1H3,(H,70,89)(H,76,90)(H,77,86)(H,78,92)(H,79,93)(H,80,94)(H,81,91)(H,82,95)(H,83,96)(H,87,88)(H4,60,61,71)(H4,62,63,72)(H4,64,65,73)(H4,66,67,74)(H4,68,69,75)/t31-,32+,33+,34+,35+,36+,37+,38+,39+,42+/m1/s1. The molecule has 1 aliphatic rings. The predicted octanol–water partition coefficient (Wildman–Crippen LogP) is -10.7. The first-order valence-electron chi connectivity index (χ1n) is 32.2. The van der Waals surface area contributed by atoms with Crippen LogP contribution in [0.4, 0.5) is 0 Å². The van der Waals surface area contributed by atoms with Gasteiger partial charge >= 0.3 is 5.97 Å². The van der Waals surface area contributed by atoms with Gasteiger partial charge in [-0.3, -0.25) is 77.7 Å². The molecule has 1 rings (SSSR count). The van der Waals surface area contributed by atoms with Crippen molar-refractivity contribution in [2.24, 2.45) is 99.5 Å². The maximum atomic E-state index is 14.6. The number of aliphatic hydroxyl groups is 1. The van der Waals surface area contributed by atoms with E-state index in [2.05, 4.69) is 72.8 Å². The van der Waals surface area contributed by atoms with Crippen LogP contribution in [0.15, 0.2) is 25.0 Å². The Morgan fingerprint density at radius 1 is 0.443 bits per heavy atom. The van der Waals surface area contributed by atoms with Gasteiger partial charge in [0.2, 0.25) is 59.1 Å². The van der Waals surface area contributed by atoms with Crippen LogP contribution < -0.4 is 122 Å². The number of nitrogens with two attached hydrogens (primary N) is 13. The van der Waals surface area contributed by atoms with E-state index in [0.29, 0.717) is 25.7 Å². The Balaban J connectivity index is 3.67. The Bertz CT molecular complexity index is 2680. The topological polar surface area (TPSA) is 740 Å². The number of guanidine groups is 5. The van der Waals surface area contributed by atoms with Gasteiger partial charge in [-0.05, 0) is 136 Å². The fourth-order valence-corrected chi connectivity index (χ4v) is 9.69. The Labute approximate surface area is 563 Å². The highest BCUT2D eigenvalue weighted by molar-refractivity contribution is 5.98. The second-order valence-electron chi connectivity index (χ2n) is 22.9. The lowest BCUT2D eigenvalue weighted by atomic mass is 10.0. The van der Waals surface area contributed by atoms with E-state index in [9.17, 15) is 63.0 Å². The normalized spacial score (nSPS) is 15.2. The van der Waals surface area contributed by atoms with Gasteiger partial charge in [-0.25, -0.2) is 0 Å². The fourth-order valence-electron chi connectivity index (χ4n) is 9.69. The summed E-state index contributed by atoms with van der Waals surface area (Å²) in [4.78, 5) is 172. The van der Waals surface area contributed by atoms with Crippen molar-refractivity contribution in [3.63, 3.8) is 0 Å². The first kappa shape index (κ1) is 85.4. The van der Waals surface area contributed by atoms with Gasteiger partial charge in [0.1, 0.15) is 60.9 Å². The molecule has 0 spiro atoms. The molecule has 0 unspecified atom stereocenters. The number of hydrogen-bond acceptors (Lipinski definition) is 20. The van der Waals surface area contributed by atoms with Crippen molar-refractivity contribution in [2.45, 2.75) is 189 Å². The number of hydrogen-bond donors (Lipinski definition) is 24. The number of nitrogens with one attached hydrogen (secondary N) is 9. The van der Waals surface area contributed by atoms with Crippen molar-refractivity contribution in [3.05, 3.63) is 0 Å². The monoisotopic (exact) mass is 1380 g/mol. The second-order valence-corrected chi connectivity index (χ2v) is 22.9. The molecule has 97 heavy (non-hydrogen) atoms. The van der Waals surface area contributed by atoms with Crippen LogP contribution >= 0.6 is 0 Å². The van der Waals surface area contributed by atoms with Gasteiger partial charge in [-0.2, -0.15) is 0 Å². The number of amides is 10. The molecule has 10 amide bonds. The summed E-state index contributed by atoms with van der Waals surface area (Å²) >= 11 is 0. The first-order chi connectivity index (χ1) is 45.9. The number of rotatable bonds is 50. The Morgan fingerprint density at radius 3 is 1.07 bits per heavy atom. The zero-order valence-electron chi connectivity index (χ0n) is 55.4. The molecule has 0 aromatic rings. The molecule has 37 N–H and O–H groups in total. The number of nitrogens with zero attached hydrogens (tertiary/aromatic N) is 6. The minimum atomic E-state index is -1.48. The molecular formula is C56H108N28O13. The van der Waals surface area contributed by atoms with Gasteiger partial charge in [0.15, 0.2) is 29.8 Å². The maximum Gasteiger partial charge on any atom is 0.322 e. The number of aliphatic imine (C=N–C) groups is 5. The van der Waals surface area contributed by atoms with Gasteiger partial charge in [-0.15, -0.1) is 0 Å². The van der Waals surface area contributed by atoms with Crippen molar-refractivity contribution in [3.8, 4) is 0 Å². The van der Waals surface area contributed by atoms with E-state index in [1.807, 2.05) is 0 Å². The summed E-state index contributed by atoms with van der Waals surface area (Å²) in [5, 5.41) is 42.6. The molecule has 0 aliphatic carbocycles. The van der Waals surface area contributed by atoms with Gasteiger partial charge < -0.3 is 138 Å². The van der Waals surface area contributed by atoms with E-state index in [0.717, 1.165) is 0 Å². The van der Waals surface area contributed by atoms with E-state index in [4.69, 9.17) is 74.5 Å². The summed E-state index contributed by atoms with van der Waals surface area (Å²) in [7, 11) is 0. The summed E-state index contributed by atoms with van der Waals surface area (Å²) < 4.78 is 0. The average Bonchev–Trinajstić information content (AvgIpc) is 1.74. The molecule has 550 valence electrons. The molecule has 1 fully saturated rings. The van der Waals surface area contributed by atoms with Crippen molar-refractivity contribution < 1.29 is 63.0 Å². The van der Waals surface area contributed by atoms with Crippen LogP contribution in [-0.2, 0) is 52.7 Å². The van der Waals surface area contributed by atoms with Crippen LogP contribution in [0.5, 0.6) is 0 Å². The number of carbonyl (C=O) groups excluding carboxylic acids is 10. The third-order valence-electron chi connectivity index (χ3n) is 14.8. The minimum absolute atomic E-state index is 0.000913. The highest BCUT2D eigenvalue weighted by Gasteiger charge is 2.39. The third-order valence-corrected chi connectivity index (χ3v) is 14.8. The molecule has 0 aromatic carbocycles. The number of aliphatic hydroxyl groups excluding tert-OH is 1. The number of unbranched alkanes of at least 4 members (excludes halogenated alkanes) is 2. The smallest absolute Gasteiger partial charge is 0.322 e. The summed E-state index contributed by atoms with van der Waals surface area (Å²) in [6, 6.07) is -11.9. The Kier molecular flexibility index (Phi) is 42.3. The van der Waals surface area contributed by atoms with Crippen molar-refractivity contribution in [1.82, 2.24) is 52.8 Å². The molecule has 1 heterocycles. The van der Waals surface area contributed by atoms with Crippen molar-refractivity contribution >= 4 is 94.8 Å². The maximum absolute atomic E-state index is 14.6. The number of carboxylic acid groups (broad SMARTS) is 1. The molecule has 0 aromatic heterocycles. The molecule has 1 saturated heterocycles. The van der Waals surface area contributed by atoms with E-state index in [-0.39, 0.29) is 179 Å². The zero-order chi connectivity index (χ0) is 73.0. The van der Waals surface area contributed by atoms with Crippen molar-refractivity contribution in [2.75, 3.05) is 65.4 Å². The van der Waals surface area contributed by atoms with E-state index in [1.165, 1.54) is 11.8 Å². The molecule has 41 nitrogen and oxygen atoms in total. The highest BCUT2D eigenvalue weighted by atomic mass is 16.4. The lowest BCUT2D eigenvalue weighted by Crippen LogP contribution is -2.59. The number of carbonyl (C=O) groups is 11. The lowest BCUT2D eigenvalue weighted by molar-refractivity contribution is -0.141. The van der Waals surface area contributed by atoms with Crippen LogP contribution in [-0.4, -0.2) is 236 Å². The summed E-state index contributed by atoms with van der Waals surface area (Å²) in [6.45, 7) is 0.931. The number of likely N-dealkylation sites (tertiary alicyclic amines) is 1. The van der Waals surface area contributed by atoms with Crippen LogP contribution in [0.1, 0.15) is 129 Å². The average molecular weight is 1380 g/mol. The summed E-state index contributed by atoms with van der Waals surface area (Å²) in [5.74, 6) is -10.6. The fraction of sp³-hybridized carbons (Fsp3) is 0.714. The predicted molar refractivity (Wildman–Crippen MR) is 362 cm³/mol. The first-order valence-corrected chi connectivity index (χ1v) is 32.2. The van der Waals surface area contributed by atoms with Gasteiger partial charge in [-0.1, -0.05) is 0 Å². The Morgan fingerprint density at radius 2 is 0.753 bits per heavy atom. The molecule has 10 atom stereocenters. The Hall–Kier alpha value is -9.64. The highest BCUT2D eigenvalue weighted by Crippen LogP contribution is 2.20. The van der Waals surface area contributed by atoms with Crippen LogP contribution in [0, 0.1) is 0 Å². The lowest BCUT2D eigenvalue weighted by Gasteiger charge is -2.29. The molecule has 0 saturated carbocycles. The number of aliphatic carboxylic acids is 1. The number of carboxylic acids is 1. The summed E-state index contributed by atoms with van der Waals surface area (Å²) in [6.07, 6.45) is 0.564. The van der Waals surface area contributed by atoms with Crippen LogP contribution in [0.25, 0.3) is 0 Å². The molecular weight excluding hydrogens is 1270 g/mol. The van der Waals surface area contributed by atoms with Gasteiger partial charge in [0.25, 0.3) is 0 Å². The summed E-state index contributed by atoms with van der Waals surface area (Å²) in [5.41, 5.74) is 72.7. The molecule has 41 heteroatoms. The van der Waals surface area contributed by atoms with Gasteiger partial charge in [0, 0.05) is 52.2 Å². The second kappa shape index (κ2) is 48.1. The van der Waals surface area contributed by atoms with E-state index in [1.54, 1.807) is 0 Å². The third kappa shape index (κ3) is 37.3. The van der Waals surface area contributed by atoms with Crippen LogP contribution in [0.2, 0.25) is 0 Å². The van der Waals surface area contributed by atoms with E-state index < -0.39 is 138 Å². The SMILES string of the molecule is C[C@@H](O)[C@H](N)C(=O)N1CCC[C@H]1C(=O)N[C@@H](CCCN=C(N)N)C(=O)NCCC(=O)N[C@@H](CCCN=C(N)N)C(=O)N[C@@H](CCCN=C(N)N)C(=O)N[C@@H](CCCN=C(N)N)C(=O)N[C@@H](CCCCN)C(=O)N[C@@H](CCCCN)C(=O)N[C@@H](CCCN=C(N)N)C(=O)NCC(=O)O. The molecule has 0 radical (unpaired) electrons. The molecule has 0 bridgehead atoms. The zero-order valence-corrected chi connectivity index (χ0v) is 55.4. The quantitative estimate of drug-likeness (QED) is 0.0153.